The van der Waals surface area contributed by atoms with Gasteiger partial charge in [0.1, 0.15) is 6.07 Å². The molecule has 1 aromatic rings. The Morgan fingerprint density at radius 2 is 2.38 bits per heavy atom. The zero-order valence-electron chi connectivity index (χ0n) is 8.20. The van der Waals surface area contributed by atoms with Crippen LogP contribution in [0.15, 0.2) is 6.20 Å². The van der Waals surface area contributed by atoms with Crippen molar-refractivity contribution in [2.45, 2.75) is 26.4 Å². The lowest BCUT2D eigenvalue weighted by molar-refractivity contribution is 0.570. The molecule has 0 aromatic carbocycles. The van der Waals surface area contributed by atoms with E-state index in [9.17, 15) is 0 Å². The molecule has 1 N–H and O–H groups in total. The summed E-state index contributed by atoms with van der Waals surface area (Å²) < 4.78 is 1.80. The summed E-state index contributed by atoms with van der Waals surface area (Å²) >= 11 is 0. The normalized spacial score (nSPS) is 10.4. The van der Waals surface area contributed by atoms with Crippen molar-refractivity contribution in [3.63, 3.8) is 0 Å². The van der Waals surface area contributed by atoms with Gasteiger partial charge in [-0.3, -0.25) is 0 Å². The molecular weight excluding hydrogens is 164 g/mol. The van der Waals surface area contributed by atoms with Crippen LogP contribution >= 0.6 is 0 Å². The summed E-state index contributed by atoms with van der Waals surface area (Å²) in [5.41, 5.74) is 1.03. The van der Waals surface area contributed by atoms with Crippen molar-refractivity contribution in [2.75, 3.05) is 0 Å². The molecule has 1 rings (SSSR count). The number of aromatic nitrogens is 2. The highest BCUT2D eigenvalue weighted by atomic mass is 15.1. The number of nitriles is 1. The Morgan fingerprint density at radius 1 is 1.69 bits per heavy atom. The van der Waals surface area contributed by atoms with Gasteiger partial charge in [-0.05, 0) is 0 Å². The average Bonchev–Trinajstić information content (AvgIpc) is 2.43. The standard InChI is InChI=1S/C9H14N4/c1-7(2)11-5-8-6-12-9(4-10)13(8)3/h6-7,11H,5H2,1-3H3. The minimum atomic E-state index is 0.445. The Hall–Kier alpha value is -1.34. The first-order valence-electron chi connectivity index (χ1n) is 4.29. The second-order valence-electron chi connectivity index (χ2n) is 3.28. The third-order valence-electron chi connectivity index (χ3n) is 1.88. The number of rotatable bonds is 3. The van der Waals surface area contributed by atoms with Crippen LogP contribution in [0.3, 0.4) is 0 Å². The van der Waals surface area contributed by atoms with Crippen molar-refractivity contribution in [1.82, 2.24) is 14.9 Å². The quantitative estimate of drug-likeness (QED) is 0.744. The lowest BCUT2D eigenvalue weighted by Crippen LogP contribution is -2.23. The van der Waals surface area contributed by atoms with Gasteiger partial charge in [-0.2, -0.15) is 5.26 Å². The minimum absolute atomic E-state index is 0.445. The summed E-state index contributed by atoms with van der Waals surface area (Å²) in [7, 11) is 1.85. The van der Waals surface area contributed by atoms with Crippen LogP contribution in [-0.2, 0) is 13.6 Å². The fourth-order valence-corrected chi connectivity index (χ4v) is 1.02. The molecule has 0 saturated heterocycles. The van der Waals surface area contributed by atoms with Gasteiger partial charge >= 0.3 is 0 Å². The summed E-state index contributed by atoms with van der Waals surface area (Å²) in [6, 6.07) is 2.47. The molecule has 0 aliphatic carbocycles. The molecule has 0 unspecified atom stereocenters. The van der Waals surface area contributed by atoms with Crippen LogP contribution < -0.4 is 5.32 Å². The van der Waals surface area contributed by atoms with Crippen molar-refractivity contribution >= 4 is 0 Å². The Bertz CT molecular complexity index is 319. The number of nitrogens with one attached hydrogen (secondary N) is 1. The zero-order valence-corrected chi connectivity index (χ0v) is 8.20. The highest BCUT2D eigenvalue weighted by Gasteiger charge is 2.04. The predicted molar refractivity (Wildman–Crippen MR) is 49.9 cm³/mol. The van der Waals surface area contributed by atoms with E-state index in [4.69, 9.17) is 5.26 Å². The molecule has 70 valence electrons. The van der Waals surface area contributed by atoms with Gasteiger partial charge in [0.05, 0.1) is 11.9 Å². The van der Waals surface area contributed by atoms with E-state index in [1.54, 1.807) is 10.8 Å². The largest absolute Gasteiger partial charge is 0.322 e. The molecule has 0 saturated carbocycles. The first-order chi connectivity index (χ1) is 6.15. The molecular formula is C9H14N4. The number of hydrogen-bond acceptors (Lipinski definition) is 3. The van der Waals surface area contributed by atoms with E-state index in [0.29, 0.717) is 11.9 Å². The summed E-state index contributed by atoms with van der Waals surface area (Å²) in [5.74, 6) is 0.459. The van der Waals surface area contributed by atoms with Crippen LogP contribution in [0.5, 0.6) is 0 Å². The Kier molecular flexibility index (Phi) is 3.04. The Balaban J connectivity index is 2.69. The third-order valence-corrected chi connectivity index (χ3v) is 1.88. The van der Waals surface area contributed by atoms with Crippen LogP contribution in [0.2, 0.25) is 0 Å². The minimum Gasteiger partial charge on any atom is -0.322 e. The summed E-state index contributed by atoms with van der Waals surface area (Å²) in [4.78, 5) is 3.97. The molecule has 0 spiro atoms. The van der Waals surface area contributed by atoms with Gasteiger partial charge in [0, 0.05) is 19.6 Å². The fraction of sp³-hybridized carbons (Fsp3) is 0.556. The van der Waals surface area contributed by atoms with E-state index in [2.05, 4.69) is 24.1 Å². The summed E-state index contributed by atoms with van der Waals surface area (Å²) in [6.07, 6.45) is 1.73. The monoisotopic (exact) mass is 178 g/mol. The molecule has 0 amide bonds. The highest BCUT2D eigenvalue weighted by Crippen LogP contribution is 2.01. The van der Waals surface area contributed by atoms with Crippen molar-refractivity contribution in [3.8, 4) is 6.07 Å². The molecule has 4 heteroatoms. The number of nitrogens with zero attached hydrogens (tertiary/aromatic N) is 3. The van der Waals surface area contributed by atoms with Gasteiger partial charge in [0.25, 0.3) is 0 Å². The highest BCUT2D eigenvalue weighted by molar-refractivity contribution is 5.16. The first-order valence-corrected chi connectivity index (χ1v) is 4.29. The fourth-order valence-electron chi connectivity index (χ4n) is 1.02. The van der Waals surface area contributed by atoms with Crippen LogP contribution in [0, 0.1) is 11.3 Å². The van der Waals surface area contributed by atoms with E-state index >= 15 is 0 Å². The topological polar surface area (TPSA) is 53.6 Å². The first kappa shape index (κ1) is 9.75. The number of imidazole rings is 1. The lowest BCUT2D eigenvalue weighted by atomic mass is 10.3. The third kappa shape index (κ3) is 2.30. The van der Waals surface area contributed by atoms with Crippen molar-refractivity contribution in [3.05, 3.63) is 17.7 Å². The van der Waals surface area contributed by atoms with Crippen LogP contribution in [0.25, 0.3) is 0 Å². The van der Waals surface area contributed by atoms with Crippen molar-refractivity contribution < 1.29 is 0 Å². The molecule has 0 bridgehead atoms. The molecule has 13 heavy (non-hydrogen) atoms. The molecule has 1 heterocycles. The molecule has 1 aromatic heterocycles. The van der Waals surface area contributed by atoms with E-state index < -0.39 is 0 Å². The summed E-state index contributed by atoms with van der Waals surface area (Å²) in [5, 5.41) is 11.9. The van der Waals surface area contributed by atoms with Crippen LogP contribution in [0.1, 0.15) is 25.4 Å². The average molecular weight is 178 g/mol. The van der Waals surface area contributed by atoms with Crippen molar-refractivity contribution in [2.24, 2.45) is 7.05 Å². The smallest absolute Gasteiger partial charge is 0.212 e. The maximum Gasteiger partial charge on any atom is 0.212 e. The van der Waals surface area contributed by atoms with Crippen LogP contribution in [-0.4, -0.2) is 15.6 Å². The molecule has 0 aliphatic heterocycles. The Labute approximate surface area is 78.2 Å². The predicted octanol–water partition coefficient (Wildman–Crippen LogP) is 0.790. The molecule has 0 aliphatic rings. The van der Waals surface area contributed by atoms with Gasteiger partial charge in [0.15, 0.2) is 0 Å². The molecule has 0 fully saturated rings. The Morgan fingerprint density at radius 3 is 2.85 bits per heavy atom. The maximum absolute atomic E-state index is 8.66. The molecule has 4 nitrogen and oxygen atoms in total. The second kappa shape index (κ2) is 4.06. The van der Waals surface area contributed by atoms with E-state index in [-0.39, 0.29) is 0 Å². The van der Waals surface area contributed by atoms with E-state index in [1.807, 2.05) is 13.1 Å². The van der Waals surface area contributed by atoms with Gasteiger partial charge in [0.2, 0.25) is 5.82 Å². The van der Waals surface area contributed by atoms with Gasteiger partial charge in [-0.15, -0.1) is 0 Å². The van der Waals surface area contributed by atoms with Crippen LogP contribution in [0.4, 0.5) is 0 Å². The molecule has 0 atom stereocenters. The van der Waals surface area contributed by atoms with E-state index in [0.717, 1.165) is 12.2 Å². The summed E-state index contributed by atoms with van der Waals surface area (Å²) in [6.45, 7) is 4.92. The van der Waals surface area contributed by atoms with Gasteiger partial charge in [-0.1, -0.05) is 13.8 Å². The van der Waals surface area contributed by atoms with Gasteiger partial charge in [-0.25, -0.2) is 4.98 Å². The van der Waals surface area contributed by atoms with Crippen molar-refractivity contribution in [1.29, 1.82) is 5.26 Å². The lowest BCUT2D eigenvalue weighted by Gasteiger charge is -2.07. The number of hydrogen-bond donors (Lipinski definition) is 1. The maximum atomic E-state index is 8.66. The van der Waals surface area contributed by atoms with E-state index in [1.165, 1.54) is 0 Å². The van der Waals surface area contributed by atoms with Gasteiger partial charge < -0.3 is 9.88 Å². The SMILES string of the molecule is CC(C)NCc1cnc(C#N)n1C. The second-order valence-corrected chi connectivity index (χ2v) is 3.28. The molecule has 0 radical (unpaired) electrons. The zero-order chi connectivity index (χ0) is 9.84.